The van der Waals surface area contributed by atoms with Crippen LogP contribution in [0.25, 0.3) is 0 Å². The third-order valence-electron chi connectivity index (χ3n) is 4.75. The van der Waals surface area contributed by atoms with Crippen LogP contribution in [0.4, 0.5) is 0 Å². The van der Waals surface area contributed by atoms with Crippen molar-refractivity contribution < 1.29 is 9.59 Å². The maximum atomic E-state index is 13.0. The van der Waals surface area contributed by atoms with Gasteiger partial charge in [0.1, 0.15) is 6.04 Å². The van der Waals surface area contributed by atoms with Gasteiger partial charge in [-0.15, -0.1) is 11.8 Å². The van der Waals surface area contributed by atoms with E-state index in [2.05, 4.69) is 5.32 Å². The lowest BCUT2D eigenvalue weighted by atomic mass is 10.1. The molecule has 0 bridgehead atoms. The summed E-state index contributed by atoms with van der Waals surface area (Å²) in [6.45, 7) is 8.26. The molecule has 150 valence electrons. The Hall–Kier alpha value is -2.27. The van der Waals surface area contributed by atoms with E-state index in [1.807, 2.05) is 75.4 Å². The van der Waals surface area contributed by atoms with Gasteiger partial charge in [0, 0.05) is 17.5 Å². The number of amides is 2. The maximum absolute atomic E-state index is 13.0. The van der Waals surface area contributed by atoms with E-state index in [0.29, 0.717) is 12.3 Å². The van der Waals surface area contributed by atoms with E-state index in [9.17, 15) is 9.59 Å². The van der Waals surface area contributed by atoms with E-state index in [4.69, 9.17) is 0 Å². The van der Waals surface area contributed by atoms with Gasteiger partial charge in [0.25, 0.3) is 0 Å². The van der Waals surface area contributed by atoms with Gasteiger partial charge in [-0.2, -0.15) is 0 Å². The number of benzene rings is 2. The number of thioether (sulfide) groups is 1. The molecule has 0 saturated carbocycles. The fourth-order valence-electron chi connectivity index (χ4n) is 2.69. The first-order valence-corrected chi connectivity index (χ1v) is 10.7. The Morgan fingerprint density at radius 3 is 2.29 bits per heavy atom. The zero-order valence-electron chi connectivity index (χ0n) is 17.1. The van der Waals surface area contributed by atoms with Crippen molar-refractivity contribution in [1.29, 1.82) is 0 Å². The van der Waals surface area contributed by atoms with Crippen molar-refractivity contribution in [3.8, 4) is 0 Å². The molecule has 4 nitrogen and oxygen atoms in total. The smallest absolute Gasteiger partial charge is 0.242 e. The van der Waals surface area contributed by atoms with Crippen molar-refractivity contribution in [2.24, 2.45) is 0 Å². The zero-order chi connectivity index (χ0) is 20.5. The van der Waals surface area contributed by atoms with Gasteiger partial charge in [-0.05, 0) is 44.9 Å². The summed E-state index contributed by atoms with van der Waals surface area (Å²) in [6.07, 6.45) is 0.856. The second-order valence-corrected chi connectivity index (χ2v) is 8.15. The third-order valence-corrected chi connectivity index (χ3v) is 5.74. The molecule has 0 saturated heterocycles. The highest BCUT2D eigenvalue weighted by molar-refractivity contribution is 8.00. The Bertz CT molecular complexity index is 762. The topological polar surface area (TPSA) is 49.4 Å². The normalized spacial score (nSPS) is 12.9. The molecule has 2 aromatic carbocycles. The second kappa shape index (κ2) is 10.9. The molecule has 2 atom stereocenters. The highest BCUT2D eigenvalue weighted by atomic mass is 32.2. The predicted octanol–water partition coefficient (Wildman–Crippen LogP) is 4.42. The van der Waals surface area contributed by atoms with Gasteiger partial charge in [0.05, 0.1) is 5.75 Å². The summed E-state index contributed by atoms with van der Waals surface area (Å²) in [5, 5.41) is 2.99. The van der Waals surface area contributed by atoms with Crippen molar-refractivity contribution in [3.05, 3.63) is 65.7 Å². The second-order valence-electron chi connectivity index (χ2n) is 7.10. The number of nitrogens with one attached hydrogen (secondary N) is 1. The van der Waals surface area contributed by atoms with Crippen LogP contribution >= 0.6 is 11.8 Å². The minimum Gasteiger partial charge on any atom is -0.352 e. The van der Waals surface area contributed by atoms with Crippen LogP contribution in [0.15, 0.2) is 59.5 Å². The molecular formula is C23H30N2O2S. The summed E-state index contributed by atoms with van der Waals surface area (Å²) < 4.78 is 0. The number of carbonyl (C=O) groups excluding carboxylic acids is 2. The van der Waals surface area contributed by atoms with E-state index in [1.165, 1.54) is 17.3 Å². The highest BCUT2D eigenvalue weighted by Crippen LogP contribution is 2.20. The van der Waals surface area contributed by atoms with E-state index in [1.54, 1.807) is 11.8 Å². The monoisotopic (exact) mass is 398 g/mol. The fourth-order valence-corrected chi connectivity index (χ4v) is 3.48. The average Bonchev–Trinajstić information content (AvgIpc) is 2.71. The molecule has 2 amide bonds. The van der Waals surface area contributed by atoms with Crippen molar-refractivity contribution in [2.45, 2.75) is 57.6 Å². The SMILES string of the molecule is CC[C@H](C)NC(=O)[C@@H](C)N(Cc1ccccc1)C(=O)CSc1ccc(C)cc1. The first-order chi connectivity index (χ1) is 13.4. The predicted molar refractivity (Wildman–Crippen MR) is 116 cm³/mol. The number of aryl methyl sites for hydroxylation is 1. The fraction of sp³-hybridized carbons (Fsp3) is 0.391. The lowest BCUT2D eigenvalue weighted by Gasteiger charge is -2.29. The number of nitrogens with zero attached hydrogens (tertiary/aromatic N) is 1. The molecule has 0 unspecified atom stereocenters. The molecule has 0 heterocycles. The molecule has 0 radical (unpaired) electrons. The van der Waals surface area contributed by atoms with E-state index < -0.39 is 6.04 Å². The largest absolute Gasteiger partial charge is 0.352 e. The molecule has 2 aromatic rings. The highest BCUT2D eigenvalue weighted by Gasteiger charge is 2.26. The van der Waals surface area contributed by atoms with Crippen molar-refractivity contribution >= 4 is 23.6 Å². The van der Waals surface area contributed by atoms with Crippen LogP contribution in [0.2, 0.25) is 0 Å². The van der Waals surface area contributed by atoms with Crippen LogP contribution in [-0.4, -0.2) is 34.6 Å². The Morgan fingerprint density at radius 1 is 1.04 bits per heavy atom. The molecule has 0 aliphatic heterocycles. The molecule has 5 heteroatoms. The summed E-state index contributed by atoms with van der Waals surface area (Å²) in [4.78, 5) is 28.4. The van der Waals surface area contributed by atoms with Gasteiger partial charge in [-0.25, -0.2) is 0 Å². The average molecular weight is 399 g/mol. The number of carbonyl (C=O) groups is 2. The van der Waals surface area contributed by atoms with Gasteiger partial charge in [0.15, 0.2) is 0 Å². The zero-order valence-corrected chi connectivity index (χ0v) is 18.0. The molecule has 2 rings (SSSR count). The Morgan fingerprint density at radius 2 is 1.68 bits per heavy atom. The van der Waals surface area contributed by atoms with Crippen LogP contribution in [0.5, 0.6) is 0 Å². The lowest BCUT2D eigenvalue weighted by molar-refractivity contribution is -0.138. The quantitative estimate of drug-likeness (QED) is 0.636. The van der Waals surface area contributed by atoms with Crippen LogP contribution in [-0.2, 0) is 16.1 Å². The lowest BCUT2D eigenvalue weighted by Crippen LogP contribution is -2.50. The van der Waals surface area contributed by atoms with Crippen LogP contribution in [0.1, 0.15) is 38.3 Å². The summed E-state index contributed by atoms with van der Waals surface area (Å²) in [5.41, 5.74) is 2.20. The molecule has 1 N–H and O–H groups in total. The van der Waals surface area contributed by atoms with Crippen molar-refractivity contribution in [1.82, 2.24) is 10.2 Å². The van der Waals surface area contributed by atoms with Crippen LogP contribution in [0, 0.1) is 6.92 Å². The third kappa shape index (κ3) is 6.71. The van der Waals surface area contributed by atoms with Gasteiger partial charge in [-0.3, -0.25) is 9.59 Å². The first kappa shape index (κ1) is 22.0. The van der Waals surface area contributed by atoms with E-state index in [0.717, 1.165) is 16.9 Å². The van der Waals surface area contributed by atoms with Gasteiger partial charge in [0.2, 0.25) is 11.8 Å². The summed E-state index contributed by atoms with van der Waals surface area (Å²) in [7, 11) is 0. The summed E-state index contributed by atoms with van der Waals surface area (Å²) in [5.74, 6) is 0.150. The Kier molecular flexibility index (Phi) is 8.58. The van der Waals surface area contributed by atoms with E-state index >= 15 is 0 Å². The molecular weight excluding hydrogens is 368 g/mol. The molecule has 0 aromatic heterocycles. The minimum absolute atomic E-state index is 0.0405. The Balaban J connectivity index is 2.10. The molecule has 0 aliphatic rings. The molecule has 0 fully saturated rings. The standard InChI is InChI=1S/C23H30N2O2S/c1-5-18(3)24-23(27)19(4)25(15-20-9-7-6-8-10-20)22(26)16-28-21-13-11-17(2)12-14-21/h6-14,18-19H,5,15-16H2,1-4H3,(H,24,27)/t18-,19+/m0/s1. The Labute approximate surface area is 172 Å². The van der Waals surface area contributed by atoms with Crippen molar-refractivity contribution in [2.75, 3.05) is 5.75 Å². The van der Waals surface area contributed by atoms with Gasteiger partial charge < -0.3 is 10.2 Å². The molecule has 28 heavy (non-hydrogen) atoms. The summed E-state index contributed by atoms with van der Waals surface area (Å²) in [6, 6.07) is 17.5. The van der Waals surface area contributed by atoms with Gasteiger partial charge >= 0.3 is 0 Å². The van der Waals surface area contributed by atoms with Crippen LogP contribution in [0.3, 0.4) is 0 Å². The van der Waals surface area contributed by atoms with Crippen LogP contribution < -0.4 is 5.32 Å². The number of rotatable bonds is 9. The number of hydrogen-bond donors (Lipinski definition) is 1. The van der Waals surface area contributed by atoms with Crippen molar-refractivity contribution in [3.63, 3.8) is 0 Å². The van der Waals surface area contributed by atoms with E-state index in [-0.39, 0.29) is 17.9 Å². The maximum Gasteiger partial charge on any atom is 0.242 e. The molecule has 0 aliphatic carbocycles. The first-order valence-electron chi connectivity index (χ1n) is 9.74. The summed E-state index contributed by atoms with van der Waals surface area (Å²) >= 11 is 1.50. The number of hydrogen-bond acceptors (Lipinski definition) is 3. The molecule has 0 spiro atoms. The minimum atomic E-state index is -0.527. The van der Waals surface area contributed by atoms with Gasteiger partial charge in [-0.1, -0.05) is 55.0 Å².